The Labute approximate surface area is 127 Å². The fourth-order valence-electron chi connectivity index (χ4n) is 1.44. The van der Waals surface area contributed by atoms with E-state index < -0.39 is 21.8 Å². The molecule has 1 rings (SSSR count). The first-order valence-electron chi connectivity index (χ1n) is 6.84. The topological polar surface area (TPSA) is 88.0 Å². The molecule has 21 heavy (non-hydrogen) atoms. The van der Waals surface area contributed by atoms with Crippen molar-refractivity contribution in [1.82, 2.24) is 0 Å². The van der Waals surface area contributed by atoms with Gasteiger partial charge in [0.1, 0.15) is 21.8 Å². The Balaban J connectivity index is 0.000000382. The highest BCUT2D eigenvalue weighted by Crippen LogP contribution is 2.08. The molecule has 7 nitrogen and oxygen atoms in total. The Bertz CT molecular complexity index is 435. The summed E-state index contributed by atoms with van der Waals surface area (Å²) in [6, 6.07) is 0. The van der Waals surface area contributed by atoms with Crippen LogP contribution in [-0.2, 0) is 19.6 Å². The minimum absolute atomic E-state index is 0.686. The van der Waals surface area contributed by atoms with Crippen molar-refractivity contribution in [3.63, 3.8) is 0 Å². The van der Waals surface area contributed by atoms with E-state index in [0.717, 1.165) is 11.4 Å². The molecule has 0 aromatic carbocycles. The summed E-state index contributed by atoms with van der Waals surface area (Å²) >= 11 is 0. The van der Waals surface area contributed by atoms with Crippen molar-refractivity contribution in [1.29, 1.82) is 0 Å². The molecule has 0 amide bonds. The zero-order chi connectivity index (χ0) is 16.5. The minimum Gasteiger partial charge on any atom is -0.746 e. The normalized spacial score (nSPS) is 23.5. The summed E-state index contributed by atoms with van der Waals surface area (Å²) in [6.07, 6.45) is 7.82. The first-order chi connectivity index (χ1) is 9.64. The second-order valence-electron chi connectivity index (χ2n) is 4.99. The van der Waals surface area contributed by atoms with Crippen molar-refractivity contribution in [2.24, 2.45) is 4.99 Å². The van der Waals surface area contributed by atoms with Gasteiger partial charge in [0.05, 0.1) is 19.8 Å². The fourth-order valence-corrected chi connectivity index (χ4v) is 1.74. The Morgan fingerprint density at radius 2 is 2.00 bits per heavy atom. The van der Waals surface area contributed by atoms with E-state index in [4.69, 9.17) is 0 Å². The van der Waals surface area contributed by atoms with E-state index in [0.29, 0.717) is 0 Å². The SMILES string of the molecule is CCCC[N+]1(C)C=CN=C1.COC(C)OC(C)S(=O)(=O)[O-]. The molecule has 3 atom stereocenters. The van der Waals surface area contributed by atoms with E-state index in [-0.39, 0.29) is 0 Å². The molecule has 0 N–H and O–H groups in total. The van der Waals surface area contributed by atoms with E-state index in [1.807, 2.05) is 12.5 Å². The van der Waals surface area contributed by atoms with Crippen LogP contribution in [0.3, 0.4) is 0 Å². The monoisotopic (exact) mass is 322 g/mol. The number of hydrogen-bond acceptors (Lipinski definition) is 6. The third-order valence-corrected chi connectivity index (χ3v) is 3.86. The van der Waals surface area contributed by atoms with Gasteiger partial charge >= 0.3 is 0 Å². The van der Waals surface area contributed by atoms with Gasteiger partial charge < -0.3 is 14.0 Å². The summed E-state index contributed by atoms with van der Waals surface area (Å²) < 4.78 is 40.9. The predicted molar refractivity (Wildman–Crippen MR) is 80.3 cm³/mol. The average Bonchev–Trinajstić information content (AvgIpc) is 2.83. The second-order valence-corrected chi connectivity index (χ2v) is 6.64. The molecule has 0 aliphatic carbocycles. The molecule has 0 radical (unpaired) electrons. The summed E-state index contributed by atoms with van der Waals surface area (Å²) in [4.78, 5) is 4.06. The van der Waals surface area contributed by atoms with Crippen LogP contribution in [-0.4, -0.2) is 56.2 Å². The Hall–Kier alpha value is -0.800. The number of unbranched alkanes of at least 4 members (excludes halogenated alkanes) is 1. The van der Waals surface area contributed by atoms with Gasteiger partial charge in [-0.25, -0.2) is 13.4 Å². The van der Waals surface area contributed by atoms with Crippen LogP contribution in [0.5, 0.6) is 0 Å². The molecule has 3 unspecified atom stereocenters. The second kappa shape index (κ2) is 9.26. The van der Waals surface area contributed by atoms with E-state index in [9.17, 15) is 13.0 Å². The number of rotatable bonds is 7. The van der Waals surface area contributed by atoms with Crippen LogP contribution in [0.4, 0.5) is 0 Å². The number of quaternary nitrogens is 1. The van der Waals surface area contributed by atoms with Crippen molar-refractivity contribution >= 4 is 16.5 Å². The quantitative estimate of drug-likeness (QED) is 0.404. The van der Waals surface area contributed by atoms with E-state index in [1.165, 1.54) is 33.4 Å². The maximum Gasteiger partial charge on any atom is 0.194 e. The maximum absolute atomic E-state index is 10.2. The largest absolute Gasteiger partial charge is 0.746 e. The lowest BCUT2D eigenvalue weighted by Crippen LogP contribution is -2.35. The predicted octanol–water partition coefficient (Wildman–Crippen LogP) is 1.63. The van der Waals surface area contributed by atoms with E-state index in [1.54, 1.807) is 0 Å². The zero-order valence-corrected chi connectivity index (χ0v) is 14.2. The Morgan fingerprint density at radius 3 is 2.38 bits per heavy atom. The first kappa shape index (κ1) is 20.2. The molecule has 0 bridgehead atoms. The first-order valence-corrected chi connectivity index (χ1v) is 8.31. The van der Waals surface area contributed by atoms with Crippen LogP contribution in [0.15, 0.2) is 17.4 Å². The number of methoxy groups -OCH3 is 1. The highest BCUT2D eigenvalue weighted by molar-refractivity contribution is 7.86. The van der Waals surface area contributed by atoms with Gasteiger partial charge in [-0.15, -0.1) is 0 Å². The number of aliphatic imine (C=N–C) groups is 1. The lowest BCUT2D eigenvalue weighted by Gasteiger charge is -2.20. The van der Waals surface area contributed by atoms with Gasteiger partial charge in [0.15, 0.2) is 12.6 Å². The molecule has 1 aliphatic heterocycles. The molecule has 1 heterocycles. The number of hydrogen-bond donors (Lipinski definition) is 0. The van der Waals surface area contributed by atoms with Crippen LogP contribution >= 0.6 is 0 Å². The van der Waals surface area contributed by atoms with Crippen molar-refractivity contribution < 1.29 is 26.9 Å². The van der Waals surface area contributed by atoms with Gasteiger partial charge in [0, 0.05) is 7.11 Å². The van der Waals surface area contributed by atoms with Gasteiger partial charge in [-0.05, 0) is 20.3 Å². The third kappa shape index (κ3) is 8.94. The van der Waals surface area contributed by atoms with Gasteiger partial charge in [0.25, 0.3) is 0 Å². The van der Waals surface area contributed by atoms with Crippen LogP contribution in [0.1, 0.15) is 33.6 Å². The molecule has 0 aromatic rings. The minimum atomic E-state index is -4.36. The zero-order valence-electron chi connectivity index (χ0n) is 13.4. The van der Waals surface area contributed by atoms with Crippen LogP contribution < -0.4 is 0 Å². The molecular formula is C13H26N2O5S. The van der Waals surface area contributed by atoms with Crippen LogP contribution in [0.2, 0.25) is 0 Å². The summed E-state index contributed by atoms with van der Waals surface area (Å²) in [7, 11) is -0.835. The summed E-state index contributed by atoms with van der Waals surface area (Å²) in [5.41, 5.74) is -1.36. The van der Waals surface area contributed by atoms with Crippen LogP contribution in [0.25, 0.3) is 0 Å². The van der Waals surface area contributed by atoms with Crippen molar-refractivity contribution in [3.05, 3.63) is 12.4 Å². The summed E-state index contributed by atoms with van der Waals surface area (Å²) in [5.74, 6) is 0. The highest BCUT2D eigenvalue weighted by atomic mass is 32.2. The molecule has 0 spiro atoms. The maximum atomic E-state index is 10.2. The molecule has 8 heteroatoms. The summed E-state index contributed by atoms with van der Waals surface area (Å²) in [6.45, 7) is 6.05. The Morgan fingerprint density at radius 1 is 1.38 bits per heavy atom. The van der Waals surface area contributed by atoms with Crippen molar-refractivity contribution in [2.45, 2.75) is 45.3 Å². The van der Waals surface area contributed by atoms with Crippen molar-refractivity contribution in [2.75, 3.05) is 20.7 Å². The van der Waals surface area contributed by atoms with Crippen molar-refractivity contribution in [3.8, 4) is 0 Å². The molecular weight excluding hydrogens is 296 g/mol. The standard InChI is InChI=1S/C8H15N2.C5H12O5S/c1-3-4-6-10(2)7-5-9-8-10;1-4(9-3)10-5(2)11(6,7)8/h5,7-8H,3-4,6H2,1-2H3;4-5H,1-3H3,(H,6,7,8)/q+1;/p-1. The molecule has 1 aliphatic rings. The average molecular weight is 322 g/mol. The third-order valence-electron chi connectivity index (χ3n) is 2.94. The fraction of sp³-hybridized carbons (Fsp3) is 0.769. The highest BCUT2D eigenvalue weighted by Gasteiger charge is 2.17. The number of nitrogens with zero attached hydrogens (tertiary/aromatic N) is 2. The van der Waals surface area contributed by atoms with Crippen LogP contribution in [0, 0.1) is 0 Å². The lowest BCUT2D eigenvalue weighted by molar-refractivity contribution is -0.756. The van der Waals surface area contributed by atoms with E-state index >= 15 is 0 Å². The van der Waals surface area contributed by atoms with Gasteiger partial charge in [-0.3, -0.25) is 4.48 Å². The molecule has 0 aromatic heterocycles. The summed E-state index contributed by atoms with van der Waals surface area (Å²) in [5, 5.41) is 0. The van der Waals surface area contributed by atoms with Gasteiger partial charge in [0.2, 0.25) is 0 Å². The molecule has 0 fully saturated rings. The van der Waals surface area contributed by atoms with E-state index in [2.05, 4.69) is 34.6 Å². The lowest BCUT2D eigenvalue weighted by atomic mass is 10.3. The molecule has 0 saturated heterocycles. The smallest absolute Gasteiger partial charge is 0.194 e. The van der Waals surface area contributed by atoms with Gasteiger partial charge in [-0.1, -0.05) is 13.3 Å². The van der Waals surface area contributed by atoms with Gasteiger partial charge in [-0.2, -0.15) is 0 Å². The Kier molecular flexibility index (Phi) is 8.91. The number of ether oxygens (including phenoxy) is 2. The molecule has 124 valence electrons. The molecule has 0 saturated carbocycles.